The van der Waals surface area contributed by atoms with Crippen molar-refractivity contribution in [3.63, 3.8) is 0 Å². The number of halogens is 2. The molecule has 1 fully saturated rings. The van der Waals surface area contributed by atoms with Crippen LogP contribution in [0.25, 0.3) is 16.8 Å². The summed E-state index contributed by atoms with van der Waals surface area (Å²) >= 11 is 0. The monoisotopic (exact) mass is 479 g/mol. The van der Waals surface area contributed by atoms with Gasteiger partial charge in [-0.1, -0.05) is 6.92 Å². The van der Waals surface area contributed by atoms with E-state index >= 15 is 0 Å². The molecular formula is C25H27F2N7O. The zero-order chi connectivity index (χ0) is 24.5. The average molecular weight is 480 g/mol. The van der Waals surface area contributed by atoms with E-state index in [1.165, 1.54) is 23.8 Å². The molecule has 182 valence electrons. The minimum atomic E-state index is -0.705. The molecule has 0 bridgehead atoms. The van der Waals surface area contributed by atoms with E-state index in [0.29, 0.717) is 22.9 Å². The van der Waals surface area contributed by atoms with Crippen molar-refractivity contribution in [2.45, 2.75) is 26.0 Å². The number of pyridine rings is 1. The number of ether oxygens (including phenoxy) is 1. The normalized spacial score (nSPS) is 18.3. The molecule has 0 radical (unpaired) electrons. The van der Waals surface area contributed by atoms with Crippen LogP contribution < -0.4 is 16.0 Å². The van der Waals surface area contributed by atoms with Crippen molar-refractivity contribution in [3.8, 4) is 11.3 Å². The zero-order valence-electron chi connectivity index (χ0n) is 19.6. The number of nitrogens with zero attached hydrogens (tertiary/aromatic N) is 5. The number of aromatic nitrogens is 4. The van der Waals surface area contributed by atoms with E-state index in [0.717, 1.165) is 30.9 Å². The second kappa shape index (κ2) is 9.55. The van der Waals surface area contributed by atoms with Crippen molar-refractivity contribution in [2.75, 3.05) is 30.4 Å². The van der Waals surface area contributed by atoms with E-state index in [4.69, 9.17) is 10.5 Å². The molecule has 2 atom stereocenters. The summed E-state index contributed by atoms with van der Waals surface area (Å²) in [6.07, 6.45) is 6.09. The number of piperidine rings is 1. The second-order valence-electron chi connectivity index (χ2n) is 9.03. The minimum absolute atomic E-state index is 0.0938. The number of hydrogen-bond acceptors (Lipinski definition) is 7. The molecule has 1 saturated heterocycles. The first-order valence-electron chi connectivity index (χ1n) is 11.5. The van der Waals surface area contributed by atoms with Gasteiger partial charge in [0.15, 0.2) is 0 Å². The van der Waals surface area contributed by atoms with Gasteiger partial charge >= 0.3 is 0 Å². The lowest BCUT2D eigenvalue weighted by molar-refractivity contribution is 0.184. The van der Waals surface area contributed by atoms with Crippen LogP contribution >= 0.6 is 0 Å². The van der Waals surface area contributed by atoms with Crippen LogP contribution in [0.2, 0.25) is 0 Å². The summed E-state index contributed by atoms with van der Waals surface area (Å²) in [6.45, 7) is 3.93. The number of anilines is 3. The number of hydrogen-bond donors (Lipinski definition) is 2. The van der Waals surface area contributed by atoms with Gasteiger partial charge in [0.25, 0.3) is 0 Å². The number of imidazole rings is 1. The van der Waals surface area contributed by atoms with E-state index in [2.05, 4.69) is 32.2 Å². The molecule has 0 saturated carbocycles. The first kappa shape index (κ1) is 23.1. The Hall–Kier alpha value is -3.63. The standard InChI is InChI=1S/C25H27F2N7O/c1-15-7-17(28)13-33(12-15)23-5-6-29-11-22(23)31-25-30-10-18-3-4-21(32-34(18)25)24-19(26)8-16(14-35-2)9-20(24)27/h3-6,8-11,15,17H,7,12-14,28H2,1-2H3,(H,30,31). The van der Waals surface area contributed by atoms with Crippen LogP contribution in [0.15, 0.2) is 48.9 Å². The lowest BCUT2D eigenvalue weighted by Gasteiger charge is -2.37. The Morgan fingerprint density at radius 2 is 1.94 bits per heavy atom. The van der Waals surface area contributed by atoms with E-state index in [9.17, 15) is 8.78 Å². The van der Waals surface area contributed by atoms with Crippen molar-refractivity contribution in [1.29, 1.82) is 0 Å². The number of nitrogens with one attached hydrogen (secondary N) is 1. The molecule has 5 rings (SSSR count). The van der Waals surface area contributed by atoms with Crippen LogP contribution in [0.3, 0.4) is 0 Å². The number of fused-ring (bicyclic) bond motifs is 1. The van der Waals surface area contributed by atoms with Crippen LogP contribution in [0, 0.1) is 17.6 Å². The highest BCUT2D eigenvalue weighted by Crippen LogP contribution is 2.32. The quantitative estimate of drug-likeness (QED) is 0.429. The third-order valence-electron chi connectivity index (χ3n) is 6.13. The van der Waals surface area contributed by atoms with Gasteiger partial charge in [-0.2, -0.15) is 9.61 Å². The van der Waals surface area contributed by atoms with Crippen LogP contribution in [0.1, 0.15) is 18.9 Å². The molecule has 1 aliphatic rings. The first-order valence-corrected chi connectivity index (χ1v) is 11.5. The van der Waals surface area contributed by atoms with Crippen molar-refractivity contribution in [3.05, 3.63) is 66.1 Å². The Morgan fingerprint density at radius 3 is 2.69 bits per heavy atom. The summed E-state index contributed by atoms with van der Waals surface area (Å²) < 4.78 is 36.1. The van der Waals surface area contributed by atoms with E-state index < -0.39 is 11.6 Å². The lowest BCUT2D eigenvalue weighted by atomic mass is 9.96. The summed E-state index contributed by atoms with van der Waals surface area (Å²) in [6, 6.07) is 7.84. The average Bonchev–Trinajstić information content (AvgIpc) is 3.21. The zero-order valence-corrected chi connectivity index (χ0v) is 19.6. The highest BCUT2D eigenvalue weighted by Gasteiger charge is 2.24. The van der Waals surface area contributed by atoms with Crippen molar-refractivity contribution < 1.29 is 13.5 Å². The second-order valence-corrected chi connectivity index (χ2v) is 9.03. The molecule has 0 spiro atoms. The fourth-order valence-electron chi connectivity index (χ4n) is 4.70. The summed E-state index contributed by atoms with van der Waals surface area (Å²) in [5, 5.41) is 7.79. The van der Waals surface area contributed by atoms with Gasteiger partial charge in [0.05, 0.1) is 47.1 Å². The minimum Gasteiger partial charge on any atom is -0.380 e. The Bertz CT molecular complexity index is 1330. The van der Waals surface area contributed by atoms with Crippen molar-refractivity contribution in [2.24, 2.45) is 11.7 Å². The van der Waals surface area contributed by atoms with Crippen LogP contribution in [-0.4, -0.2) is 45.8 Å². The van der Waals surface area contributed by atoms with Crippen molar-refractivity contribution in [1.82, 2.24) is 19.6 Å². The molecule has 1 aliphatic heterocycles. The van der Waals surface area contributed by atoms with Gasteiger partial charge in [-0.05, 0) is 48.2 Å². The molecule has 8 nitrogen and oxygen atoms in total. The Balaban J connectivity index is 1.50. The summed E-state index contributed by atoms with van der Waals surface area (Å²) in [4.78, 5) is 10.9. The predicted octanol–water partition coefficient (Wildman–Crippen LogP) is 4.13. The van der Waals surface area contributed by atoms with Crippen LogP contribution in [-0.2, 0) is 11.3 Å². The van der Waals surface area contributed by atoms with Gasteiger partial charge in [-0.15, -0.1) is 0 Å². The molecule has 1 aromatic carbocycles. The first-order chi connectivity index (χ1) is 16.9. The number of rotatable bonds is 6. The Morgan fingerprint density at radius 1 is 1.14 bits per heavy atom. The third kappa shape index (κ3) is 4.67. The highest BCUT2D eigenvalue weighted by atomic mass is 19.1. The van der Waals surface area contributed by atoms with Gasteiger partial charge in [0.2, 0.25) is 5.95 Å². The maximum absolute atomic E-state index is 14.8. The molecule has 35 heavy (non-hydrogen) atoms. The van der Waals surface area contributed by atoms with E-state index in [-0.39, 0.29) is 23.9 Å². The van der Waals surface area contributed by atoms with Gasteiger partial charge in [-0.3, -0.25) is 4.98 Å². The number of methoxy groups -OCH3 is 1. The van der Waals surface area contributed by atoms with Gasteiger partial charge in [0.1, 0.15) is 11.6 Å². The maximum Gasteiger partial charge on any atom is 0.229 e. The van der Waals surface area contributed by atoms with Gasteiger partial charge < -0.3 is 20.7 Å². The predicted molar refractivity (Wildman–Crippen MR) is 131 cm³/mol. The molecule has 2 unspecified atom stereocenters. The van der Waals surface area contributed by atoms with Crippen LogP contribution in [0.4, 0.5) is 26.1 Å². The van der Waals surface area contributed by atoms with Gasteiger partial charge in [-0.25, -0.2) is 13.8 Å². The Labute approximate surface area is 201 Å². The van der Waals surface area contributed by atoms with Gasteiger partial charge in [0, 0.05) is 32.4 Å². The molecule has 0 amide bonds. The van der Waals surface area contributed by atoms with Crippen LogP contribution in [0.5, 0.6) is 0 Å². The summed E-state index contributed by atoms with van der Waals surface area (Å²) in [5.74, 6) is -0.536. The number of benzene rings is 1. The maximum atomic E-state index is 14.8. The molecule has 3 aromatic heterocycles. The molecule has 0 aliphatic carbocycles. The third-order valence-corrected chi connectivity index (χ3v) is 6.13. The Kier molecular flexibility index (Phi) is 6.31. The smallest absolute Gasteiger partial charge is 0.229 e. The fraction of sp³-hybridized carbons (Fsp3) is 0.320. The summed E-state index contributed by atoms with van der Waals surface area (Å²) in [5.41, 5.74) is 9.00. The highest BCUT2D eigenvalue weighted by molar-refractivity contribution is 5.74. The molecular weight excluding hydrogens is 452 g/mol. The number of nitrogens with two attached hydrogens (primary N) is 1. The van der Waals surface area contributed by atoms with E-state index in [1.807, 2.05) is 6.07 Å². The SMILES string of the molecule is COCc1cc(F)c(-c2ccc3cnc(Nc4cnccc4N4CC(C)CC(N)C4)n3n2)c(F)c1. The van der Waals surface area contributed by atoms with Crippen molar-refractivity contribution >= 4 is 22.8 Å². The molecule has 4 aromatic rings. The molecule has 10 heteroatoms. The lowest BCUT2D eigenvalue weighted by Crippen LogP contribution is -2.46. The molecule has 4 heterocycles. The fourth-order valence-corrected chi connectivity index (χ4v) is 4.70. The van der Waals surface area contributed by atoms with E-state index in [1.54, 1.807) is 30.7 Å². The summed E-state index contributed by atoms with van der Waals surface area (Å²) in [7, 11) is 1.47. The topological polar surface area (TPSA) is 93.6 Å². The largest absolute Gasteiger partial charge is 0.380 e. The molecule has 3 N–H and O–H groups in total.